The van der Waals surface area contributed by atoms with Gasteiger partial charge in [-0.05, 0) is 43.2 Å². The van der Waals surface area contributed by atoms with Crippen molar-refractivity contribution in [2.45, 2.75) is 20.4 Å². The third-order valence-electron chi connectivity index (χ3n) is 4.26. The van der Waals surface area contributed by atoms with E-state index in [4.69, 9.17) is 4.42 Å². The Kier molecular flexibility index (Phi) is 4.09. The highest BCUT2D eigenvalue weighted by Crippen LogP contribution is 2.24. The number of nitrogens with zero attached hydrogens (tertiary/aromatic N) is 2. The molecule has 2 aromatic carbocycles. The molecule has 0 aliphatic heterocycles. The summed E-state index contributed by atoms with van der Waals surface area (Å²) in [7, 11) is 0. The fourth-order valence-electron chi connectivity index (χ4n) is 3.13. The Morgan fingerprint density at radius 2 is 2.08 bits per heavy atom. The molecule has 1 amide bonds. The average molecular weight is 362 g/mol. The Hall–Kier alpha value is -2.92. The van der Waals surface area contributed by atoms with Crippen molar-refractivity contribution in [3.05, 3.63) is 76.8 Å². The second-order valence-electron chi connectivity index (χ2n) is 6.28. The summed E-state index contributed by atoms with van der Waals surface area (Å²) in [6, 6.07) is 13.6. The summed E-state index contributed by atoms with van der Waals surface area (Å²) in [6.45, 7) is 8.57. The molecule has 4 aromatic rings. The lowest BCUT2D eigenvalue weighted by Crippen LogP contribution is -2.16. The van der Waals surface area contributed by atoms with E-state index < -0.39 is 0 Å². The largest absolute Gasteiger partial charge is 0.451 e. The lowest BCUT2D eigenvalue weighted by molar-refractivity contribution is 0.0973. The van der Waals surface area contributed by atoms with Gasteiger partial charge in [0.2, 0.25) is 0 Å². The van der Waals surface area contributed by atoms with Crippen LogP contribution >= 0.6 is 11.3 Å². The normalized spacial score (nSPS) is 12.2. The number of hydrogen-bond donors (Lipinski definition) is 0. The second-order valence-corrected chi connectivity index (χ2v) is 7.26. The number of hydrogen-bond acceptors (Lipinski definition) is 3. The molecule has 0 saturated heterocycles. The molecule has 4 nitrogen and oxygen atoms in total. The van der Waals surface area contributed by atoms with Gasteiger partial charge in [-0.2, -0.15) is 4.99 Å². The van der Waals surface area contributed by atoms with Crippen LogP contribution in [-0.2, 0) is 6.54 Å². The topological polar surface area (TPSA) is 47.5 Å². The molecule has 0 aliphatic carbocycles. The molecule has 0 fully saturated rings. The fourth-order valence-corrected chi connectivity index (χ4v) is 4.22. The third-order valence-corrected chi connectivity index (χ3v) is 5.49. The van der Waals surface area contributed by atoms with Crippen molar-refractivity contribution in [3.63, 3.8) is 0 Å². The second kappa shape index (κ2) is 6.42. The van der Waals surface area contributed by atoms with E-state index in [1.807, 2.05) is 34.9 Å². The van der Waals surface area contributed by atoms with Gasteiger partial charge >= 0.3 is 5.91 Å². The molecule has 0 N–H and O–H groups in total. The fraction of sp³-hybridized carbons (Fsp3) is 0.143. The molecule has 0 radical (unpaired) electrons. The van der Waals surface area contributed by atoms with E-state index in [2.05, 4.69) is 37.6 Å². The number of allylic oxidation sites excluding steroid dienone is 1. The molecule has 0 spiro atoms. The Balaban J connectivity index is 1.89. The van der Waals surface area contributed by atoms with Gasteiger partial charge in [-0.3, -0.25) is 4.79 Å². The molecule has 0 atom stereocenters. The molecule has 2 aromatic heterocycles. The lowest BCUT2D eigenvalue weighted by Gasteiger charge is -2.03. The number of furan rings is 1. The van der Waals surface area contributed by atoms with Crippen LogP contribution in [0.25, 0.3) is 21.2 Å². The SMILES string of the molecule is C=CCn1c(=NC(=O)c2cc3ccccc3o2)sc2c(C)cc(C)cc21. The smallest absolute Gasteiger partial charge is 0.315 e. The predicted molar refractivity (Wildman–Crippen MR) is 106 cm³/mol. The summed E-state index contributed by atoms with van der Waals surface area (Å²) in [5, 5.41) is 0.896. The average Bonchev–Trinajstić information content (AvgIpc) is 3.18. The van der Waals surface area contributed by atoms with Crippen molar-refractivity contribution < 1.29 is 9.21 Å². The molecule has 130 valence electrons. The van der Waals surface area contributed by atoms with Crippen molar-refractivity contribution >= 4 is 38.4 Å². The molecule has 4 rings (SSSR count). The van der Waals surface area contributed by atoms with Gasteiger partial charge in [-0.15, -0.1) is 6.58 Å². The molecule has 0 aliphatic rings. The van der Waals surface area contributed by atoms with Gasteiger partial charge in [0.25, 0.3) is 0 Å². The number of thiazole rings is 1. The molecule has 5 heteroatoms. The number of benzene rings is 2. The van der Waals surface area contributed by atoms with E-state index in [0.29, 0.717) is 16.9 Å². The molecule has 0 bridgehead atoms. The van der Waals surface area contributed by atoms with Crippen molar-refractivity contribution in [2.24, 2.45) is 4.99 Å². The van der Waals surface area contributed by atoms with E-state index in [1.165, 1.54) is 22.5 Å². The maximum atomic E-state index is 12.7. The van der Waals surface area contributed by atoms with E-state index >= 15 is 0 Å². The number of para-hydroxylation sites is 1. The van der Waals surface area contributed by atoms with Gasteiger partial charge < -0.3 is 8.98 Å². The van der Waals surface area contributed by atoms with Crippen LogP contribution in [0.15, 0.2) is 64.5 Å². The standard InChI is InChI=1S/C21H18N2O2S/c1-4-9-23-16-11-13(2)10-14(3)19(16)26-21(23)22-20(24)18-12-15-7-5-6-8-17(15)25-18/h4-8,10-12H,1,9H2,2-3H3. The van der Waals surface area contributed by atoms with Crippen molar-refractivity contribution in [2.75, 3.05) is 0 Å². The first-order valence-electron chi connectivity index (χ1n) is 8.36. The Labute approximate surface area is 154 Å². The van der Waals surface area contributed by atoms with E-state index in [1.54, 1.807) is 6.07 Å². The summed E-state index contributed by atoms with van der Waals surface area (Å²) in [5.74, 6) is -0.123. The van der Waals surface area contributed by atoms with Crippen LogP contribution in [0.2, 0.25) is 0 Å². The van der Waals surface area contributed by atoms with Gasteiger partial charge in [0.15, 0.2) is 10.6 Å². The first-order valence-corrected chi connectivity index (χ1v) is 9.17. The first-order chi connectivity index (χ1) is 12.6. The summed E-state index contributed by atoms with van der Waals surface area (Å²) >= 11 is 1.52. The zero-order chi connectivity index (χ0) is 18.3. The maximum absolute atomic E-state index is 12.7. The maximum Gasteiger partial charge on any atom is 0.315 e. The van der Waals surface area contributed by atoms with Gasteiger partial charge in [-0.1, -0.05) is 41.7 Å². The number of aryl methyl sites for hydroxylation is 2. The molecule has 0 unspecified atom stereocenters. The Morgan fingerprint density at radius 1 is 1.27 bits per heavy atom. The quantitative estimate of drug-likeness (QED) is 0.482. The number of fused-ring (bicyclic) bond motifs is 2. The van der Waals surface area contributed by atoms with Crippen LogP contribution in [-0.4, -0.2) is 10.5 Å². The molecule has 2 heterocycles. The van der Waals surface area contributed by atoms with E-state index in [-0.39, 0.29) is 11.7 Å². The number of aromatic nitrogens is 1. The molecular weight excluding hydrogens is 344 g/mol. The highest BCUT2D eigenvalue weighted by Gasteiger charge is 2.14. The van der Waals surface area contributed by atoms with Crippen molar-refractivity contribution in [3.8, 4) is 0 Å². The number of carbonyl (C=O) groups excluding carboxylic acids is 1. The summed E-state index contributed by atoms with van der Waals surface area (Å²) < 4.78 is 8.81. The summed E-state index contributed by atoms with van der Waals surface area (Å²) in [5.41, 5.74) is 4.12. The van der Waals surface area contributed by atoms with Crippen LogP contribution in [0.5, 0.6) is 0 Å². The lowest BCUT2D eigenvalue weighted by atomic mass is 10.1. The Morgan fingerprint density at radius 3 is 2.85 bits per heavy atom. The zero-order valence-electron chi connectivity index (χ0n) is 14.7. The summed E-state index contributed by atoms with van der Waals surface area (Å²) in [6.07, 6.45) is 1.81. The number of carbonyl (C=O) groups is 1. The predicted octanol–water partition coefficient (Wildman–Crippen LogP) is 4.99. The minimum Gasteiger partial charge on any atom is -0.451 e. The van der Waals surface area contributed by atoms with Crippen LogP contribution in [0.4, 0.5) is 0 Å². The number of rotatable bonds is 3. The van der Waals surface area contributed by atoms with Gasteiger partial charge in [0.05, 0.1) is 10.2 Å². The van der Waals surface area contributed by atoms with Crippen LogP contribution in [0.1, 0.15) is 21.7 Å². The molecule has 26 heavy (non-hydrogen) atoms. The molecular formula is C21H18N2O2S. The Bertz CT molecular complexity index is 1190. The van der Waals surface area contributed by atoms with E-state index in [9.17, 15) is 4.79 Å². The summed E-state index contributed by atoms with van der Waals surface area (Å²) in [4.78, 5) is 17.7. The third kappa shape index (κ3) is 2.80. The highest BCUT2D eigenvalue weighted by molar-refractivity contribution is 7.16. The minimum atomic E-state index is -0.375. The minimum absolute atomic E-state index is 0.252. The monoisotopic (exact) mass is 362 g/mol. The van der Waals surface area contributed by atoms with Gasteiger partial charge in [0, 0.05) is 11.9 Å². The number of amides is 1. The van der Waals surface area contributed by atoms with Crippen molar-refractivity contribution in [1.82, 2.24) is 4.57 Å². The highest BCUT2D eigenvalue weighted by atomic mass is 32.1. The van der Waals surface area contributed by atoms with Crippen LogP contribution < -0.4 is 4.80 Å². The van der Waals surface area contributed by atoms with Crippen LogP contribution in [0, 0.1) is 13.8 Å². The van der Waals surface area contributed by atoms with Gasteiger partial charge in [-0.25, -0.2) is 0 Å². The van der Waals surface area contributed by atoms with Crippen LogP contribution in [0.3, 0.4) is 0 Å². The zero-order valence-corrected chi connectivity index (χ0v) is 15.5. The first kappa shape index (κ1) is 16.5. The van der Waals surface area contributed by atoms with Gasteiger partial charge in [0.1, 0.15) is 5.58 Å². The van der Waals surface area contributed by atoms with Crippen molar-refractivity contribution in [1.29, 1.82) is 0 Å². The molecule has 0 saturated carbocycles. The van der Waals surface area contributed by atoms with E-state index in [0.717, 1.165) is 15.6 Å².